The molecular weight excluding hydrogens is 504 g/mol. The largest absolute Gasteiger partial charge is 0.506 e. The van der Waals surface area contributed by atoms with Gasteiger partial charge in [0.15, 0.2) is 0 Å². The van der Waals surface area contributed by atoms with Crippen molar-refractivity contribution in [2.75, 3.05) is 0 Å². The molecule has 23 heavy (non-hydrogen) atoms. The molecule has 1 aromatic heterocycles. The molecule has 5 heteroatoms. The lowest BCUT2D eigenvalue weighted by Gasteiger charge is -2.08. The van der Waals surface area contributed by atoms with Gasteiger partial charge < -0.3 is 5.11 Å². The molecule has 0 radical (unpaired) electrons. The fourth-order valence-corrected chi connectivity index (χ4v) is 5.70. The van der Waals surface area contributed by atoms with Crippen LogP contribution in [-0.4, -0.2) is 5.11 Å². The van der Waals surface area contributed by atoms with E-state index in [0.29, 0.717) is 8.95 Å². The third-order valence-corrected chi connectivity index (χ3v) is 7.14. The predicted octanol–water partition coefficient (Wildman–Crippen LogP) is 7.71. The molecule has 0 aliphatic carbocycles. The molecule has 0 bridgehead atoms. The average molecular weight is 513 g/mol. The van der Waals surface area contributed by atoms with Crippen LogP contribution in [0, 0.1) is 0 Å². The lowest BCUT2D eigenvalue weighted by molar-refractivity contribution is 0.468. The Morgan fingerprint density at radius 1 is 0.826 bits per heavy atom. The van der Waals surface area contributed by atoms with Gasteiger partial charge in [0, 0.05) is 24.6 Å². The monoisotopic (exact) mass is 510 g/mol. The minimum absolute atomic E-state index is 0.221. The van der Waals surface area contributed by atoms with Crippen LogP contribution in [0.5, 0.6) is 5.75 Å². The van der Waals surface area contributed by atoms with Gasteiger partial charge >= 0.3 is 0 Å². The van der Waals surface area contributed by atoms with Crippen LogP contribution in [0.4, 0.5) is 0 Å². The Morgan fingerprint density at radius 3 is 2.26 bits per heavy atom. The quantitative estimate of drug-likeness (QED) is 0.277. The standard InChI is InChI=1S/C18H9Br3OS/c19-12-5-1-4-11-16-10(3-2-6-15(16)23-18(11)12)9-7-13(20)17(22)14(21)8-9/h1-8,22H. The number of fused-ring (bicyclic) bond motifs is 3. The summed E-state index contributed by atoms with van der Waals surface area (Å²) in [6, 6.07) is 16.6. The molecule has 0 atom stereocenters. The number of halogens is 3. The number of phenolic OH excluding ortho intramolecular Hbond substituents is 1. The van der Waals surface area contributed by atoms with Gasteiger partial charge in [0.1, 0.15) is 5.75 Å². The van der Waals surface area contributed by atoms with Crippen molar-refractivity contribution in [2.45, 2.75) is 0 Å². The highest BCUT2D eigenvalue weighted by atomic mass is 79.9. The number of hydrogen-bond acceptors (Lipinski definition) is 2. The van der Waals surface area contributed by atoms with Gasteiger partial charge in [-0.3, -0.25) is 0 Å². The van der Waals surface area contributed by atoms with Crippen molar-refractivity contribution >= 4 is 79.3 Å². The number of rotatable bonds is 1. The van der Waals surface area contributed by atoms with Crippen LogP contribution < -0.4 is 0 Å². The summed E-state index contributed by atoms with van der Waals surface area (Å²) in [5, 5.41) is 12.5. The van der Waals surface area contributed by atoms with Crippen molar-refractivity contribution < 1.29 is 5.11 Å². The molecule has 0 saturated heterocycles. The summed E-state index contributed by atoms with van der Waals surface area (Å²) in [7, 11) is 0. The Bertz CT molecular complexity index is 1050. The SMILES string of the molecule is Oc1c(Br)cc(-c2cccc3sc4c(Br)cccc4c23)cc1Br. The maximum atomic E-state index is 9.96. The second kappa shape index (κ2) is 5.88. The Hall–Kier alpha value is -0.880. The fourth-order valence-electron chi connectivity index (χ4n) is 2.77. The lowest BCUT2D eigenvalue weighted by atomic mass is 9.99. The van der Waals surface area contributed by atoms with E-state index in [0.717, 1.165) is 15.6 Å². The summed E-state index contributed by atoms with van der Waals surface area (Å²) in [6.45, 7) is 0. The summed E-state index contributed by atoms with van der Waals surface area (Å²) in [5.41, 5.74) is 2.22. The van der Waals surface area contributed by atoms with Crippen molar-refractivity contribution in [1.82, 2.24) is 0 Å². The molecule has 4 rings (SSSR count). The molecule has 0 fully saturated rings. The van der Waals surface area contributed by atoms with Crippen LogP contribution in [0.3, 0.4) is 0 Å². The van der Waals surface area contributed by atoms with Gasteiger partial charge in [-0.25, -0.2) is 0 Å². The molecule has 0 amide bonds. The first-order valence-corrected chi connectivity index (χ1v) is 10.0. The third kappa shape index (κ3) is 2.54. The van der Waals surface area contributed by atoms with Gasteiger partial charge in [-0.15, -0.1) is 11.3 Å². The summed E-state index contributed by atoms with van der Waals surface area (Å²) in [4.78, 5) is 0. The number of aromatic hydroxyl groups is 1. The molecule has 1 heterocycles. The van der Waals surface area contributed by atoms with Gasteiger partial charge in [0.05, 0.1) is 8.95 Å². The van der Waals surface area contributed by atoms with Gasteiger partial charge in [0.25, 0.3) is 0 Å². The predicted molar refractivity (Wildman–Crippen MR) is 110 cm³/mol. The highest BCUT2D eigenvalue weighted by molar-refractivity contribution is 9.11. The normalized spacial score (nSPS) is 11.4. The molecule has 4 aromatic rings. The first-order valence-electron chi connectivity index (χ1n) is 6.84. The van der Waals surface area contributed by atoms with E-state index in [-0.39, 0.29) is 5.75 Å². The van der Waals surface area contributed by atoms with Crippen molar-refractivity contribution in [1.29, 1.82) is 0 Å². The first kappa shape index (κ1) is 15.6. The smallest absolute Gasteiger partial charge is 0.143 e. The van der Waals surface area contributed by atoms with Crippen LogP contribution in [0.15, 0.2) is 61.9 Å². The zero-order valence-corrected chi connectivity index (χ0v) is 17.2. The van der Waals surface area contributed by atoms with Crippen molar-refractivity contribution in [3.05, 3.63) is 61.9 Å². The molecule has 1 N–H and O–H groups in total. The van der Waals surface area contributed by atoms with Crippen LogP contribution in [0.1, 0.15) is 0 Å². The van der Waals surface area contributed by atoms with Crippen LogP contribution in [0.25, 0.3) is 31.3 Å². The molecule has 1 nitrogen and oxygen atoms in total. The molecule has 3 aromatic carbocycles. The van der Waals surface area contributed by atoms with Crippen molar-refractivity contribution in [3.63, 3.8) is 0 Å². The number of thiophene rings is 1. The zero-order chi connectivity index (χ0) is 16.1. The molecule has 0 unspecified atom stereocenters. The van der Waals surface area contributed by atoms with E-state index in [1.807, 2.05) is 12.1 Å². The first-order chi connectivity index (χ1) is 11.1. The van der Waals surface area contributed by atoms with E-state index in [2.05, 4.69) is 84.2 Å². The molecule has 0 aliphatic heterocycles. The Labute approximate surface area is 162 Å². The van der Waals surface area contributed by atoms with Gasteiger partial charge in [-0.05, 0) is 83.2 Å². The minimum atomic E-state index is 0.221. The van der Waals surface area contributed by atoms with Gasteiger partial charge in [-0.2, -0.15) is 0 Å². The third-order valence-electron chi connectivity index (χ3n) is 3.80. The van der Waals surface area contributed by atoms with E-state index in [4.69, 9.17) is 0 Å². The van der Waals surface area contributed by atoms with Crippen molar-refractivity contribution in [2.24, 2.45) is 0 Å². The van der Waals surface area contributed by atoms with E-state index in [9.17, 15) is 5.11 Å². The topological polar surface area (TPSA) is 20.2 Å². The van der Waals surface area contributed by atoms with E-state index in [1.165, 1.54) is 20.2 Å². The second-order valence-electron chi connectivity index (χ2n) is 5.19. The van der Waals surface area contributed by atoms with E-state index >= 15 is 0 Å². The van der Waals surface area contributed by atoms with E-state index in [1.54, 1.807) is 11.3 Å². The van der Waals surface area contributed by atoms with Crippen LogP contribution in [-0.2, 0) is 0 Å². The summed E-state index contributed by atoms with van der Waals surface area (Å²) < 4.78 is 4.99. The average Bonchev–Trinajstić information content (AvgIpc) is 2.92. The van der Waals surface area contributed by atoms with Gasteiger partial charge in [-0.1, -0.05) is 24.3 Å². The van der Waals surface area contributed by atoms with E-state index < -0.39 is 0 Å². The number of benzene rings is 3. The Morgan fingerprint density at radius 2 is 1.52 bits per heavy atom. The highest BCUT2D eigenvalue weighted by Gasteiger charge is 2.14. The van der Waals surface area contributed by atoms with Crippen LogP contribution in [0.2, 0.25) is 0 Å². The summed E-state index contributed by atoms with van der Waals surface area (Å²) >= 11 is 12.3. The molecule has 114 valence electrons. The van der Waals surface area contributed by atoms with Gasteiger partial charge in [0.2, 0.25) is 0 Å². The summed E-state index contributed by atoms with van der Waals surface area (Å²) in [5.74, 6) is 0.221. The highest BCUT2D eigenvalue weighted by Crippen LogP contribution is 2.44. The van der Waals surface area contributed by atoms with Crippen molar-refractivity contribution in [3.8, 4) is 16.9 Å². The maximum Gasteiger partial charge on any atom is 0.143 e. The fraction of sp³-hybridized carbons (Fsp3) is 0. The molecular formula is C18H9Br3OS. The molecule has 0 spiro atoms. The Balaban J connectivity index is 2.12. The lowest BCUT2D eigenvalue weighted by Crippen LogP contribution is -1.82. The Kier molecular flexibility index (Phi) is 4.00. The second-order valence-corrected chi connectivity index (χ2v) is 8.80. The molecule has 0 aliphatic rings. The minimum Gasteiger partial charge on any atom is -0.506 e. The molecule has 0 saturated carbocycles. The van der Waals surface area contributed by atoms with Crippen LogP contribution >= 0.6 is 59.1 Å². The summed E-state index contributed by atoms with van der Waals surface area (Å²) in [6.07, 6.45) is 0. The maximum absolute atomic E-state index is 9.96. The zero-order valence-electron chi connectivity index (χ0n) is 11.6. The number of hydrogen-bond donors (Lipinski definition) is 1. The number of phenols is 1.